The van der Waals surface area contributed by atoms with Gasteiger partial charge in [0.2, 0.25) is 0 Å². The van der Waals surface area contributed by atoms with E-state index < -0.39 is 0 Å². The Morgan fingerprint density at radius 1 is 1.39 bits per heavy atom. The van der Waals surface area contributed by atoms with Crippen LogP contribution in [0.4, 0.5) is 0 Å². The molecular formula is C13H19Cl2N3. The van der Waals surface area contributed by atoms with E-state index in [2.05, 4.69) is 16.9 Å². The molecule has 2 rings (SSSR count). The summed E-state index contributed by atoms with van der Waals surface area (Å²) in [6, 6.07) is 4.29. The molecule has 0 spiro atoms. The number of hydrogen-bond donors (Lipinski definition) is 1. The van der Waals surface area contributed by atoms with Crippen LogP contribution >= 0.6 is 23.2 Å². The number of nitrogens with zero attached hydrogens (tertiary/aromatic N) is 2. The molecule has 1 heterocycles. The number of pyridine rings is 1. The first kappa shape index (κ1) is 14.1. The molecule has 100 valence electrons. The molecule has 2 unspecified atom stereocenters. The lowest BCUT2D eigenvalue weighted by atomic mass is 10.0. The number of halogens is 2. The minimum absolute atomic E-state index is 0.437. The number of rotatable bonds is 4. The molecule has 2 N–H and O–H groups in total. The zero-order valence-electron chi connectivity index (χ0n) is 10.6. The Balaban J connectivity index is 2.04. The van der Waals surface area contributed by atoms with Crippen LogP contribution in [0.15, 0.2) is 12.1 Å². The number of aromatic nitrogens is 1. The lowest BCUT2D eigenvalue weighted by Crippen LogP contribution is -2.37. The zero-order valence-corrected chi connectivity index (χ0v) is 12.1. The lowest BCUT2D eigenvalue weighted by Gasteiger charge is -2.29. The third-order valence-corrected chi connectivity index (χ3v) is 4.34. The maximum Gasteiger partial charge on any atom is 0.135 e. The standard InChI is InChI=1S/C13H19Cl2N3/c1-18(11-4-2-3-9(11)7-16)8-10-5-6-12(14)17-13(10)15/h5-6,9,11H,2-4,7-8,16H2,1H3. The second-order valence-electron chi connectivity index (χ2n) is 4.99. The summed E-state index contributed by atoms with van der Waals surface area (Å²) in [6.07, 6.45) is 3.72. The average Bonchev–Trinajstić information content (AvgIpc) is 2.81. The van der Waals surface area contributed by atoms with Crippen molar-refractivity contribution in [3.05, 3.63) is 28.0 Å². The van der Waals surface area contributed by atoms with Crippen molar-refractivity contribution in [1.82, 2.24) is 9.88 Å². The molecule has 0 amide bonds. The van der Waals surface area contributed by atoms with Gasteiger partial charge in [-0.2, -0.15) is 0 Å². The van der Waals surface area contributed by atoms with Crippen LogP contribution < -0.4 is 5.73 Å². The summed E-state index contributed by atoms with van der Waals surface area (Å²) in [4.78, 5) is 6.41. The first-order chi connectivity index (χ1) is 8.61. The van der Waals surface area contributed by atoms with E-state index in [1.54, 1.807) is 6.07 Å². The Labute approximate surface area is 118 Å². The van der Waals surface area contributed by atoms with Gasteiger partial charge in [-0.1, -0.05) is 35.7 Å². The second kappa shape index (κ2) is 6.20. The van der Waals surface area contributed by atoms with E-state index in [1.165, 1.54) is 19.3 Å². The first-order valence-corrected chi connectivity index (χ1v) is 7.08. The summed E-state index contributed by atoms with van der Waals surface area (Å²) in [5, 5.41) is 0.934. The fourth-order valence-electron chi connectivity index (χ4n) is 2.82. The second-order valence-corrected chi connectivity index (χ2v) is 5.74. The van der Waals surface area contributed by atoms with Gasteiger partial charge in [-0.25, -0.2) is 4.98 Å². The van der Waals surface area contributed by atoms with Crippen LogP contribution in [-0.2, 0) is 6.54 Å². The van der Waals surface area contributed by atoms with E-state index in [1.807, 2.05) is 6.07 Å². The van der Waals surface area contributed by atoms with Gasteiger partial charge >= 0.3 is 0 Å². The predicted octanol–water partition coefficient (Wildman–Crippen LogP) is 2.95. The van der Waals surface area contributed by atoms with Crippen molar-refractivity contribution < 1.29 is 0 Å². The Morgan fingerprint density at radius 3 is 2.83 bits per heavy atom. The topological polar surface area (TPSA) is 42.2 Å². The van der Waals surface area contributed by atoms with E-state index in [-0.39, 0.29) is 0 Å². The molecule has 1 aromatic rings. The maximum absolute atomic E-state index is 6.10. The van der Waals surface area contributed by atoms with Gasteiger partial charge in [0.05, 0.1) is 0 Å². The summed E-state index contributed by atoms with van der Waals surface area (Å²) in [7, 11) is 2.13. The largest absolute Gasteiger partial charge is 0.330 e. The zero-order chi connectivity index (χ0) is 13.1. The maximum atomic E-state index is 6.10. The van der Waals surface area contributed by atoms with Crippen LogP contribution in [0.1, 0.15) is 24.8 Å². The molecular weight excluding hydrogens is 269 g/mol. The van der Waals surface area contributed by atoms with Gasteiger partial charge < -0.3 is 5.73 Å². The number of hydrogen-bond acceptors (Lipinski definition) is 3. The summed E-state index contributed by atoms with van der Waals surface area (Å²) in [5.74, 6) is 0.606. The van der Waals surface area contributed by atoms with E-state index in [9.17, 15) is 0 Å². The summed E-state index contributed by atoms with van der Waals surface area (Å²) in [6.45, 7) is 1.56. The van der Waals surface area contributed by atoms with Crippen LogP contribution in [0, 0.1) is 5.92 Å². The Morgan fingerprint density at radius 2 is 2.17 bits per heavy atom. The van der Waals surface area contributed by atoms with Gasteiger partial charge in [0, 0.05) is 18.2 Å². The molecule has 1 saturated carbocycles. The van der Waals surface area contributed by atoms with Crippen molar-refractivity contribution in [2.45, 2.75) is 31.8 Å². The van der Waals surface area contributed by atoms with Gasteiger partial charge in [-0.3, -0.25) is 4.90 Å². The highest BCUT2D eigenvalue weighted by molar-refractivity contribution is 6.32. The van der Waals surface area contributed by atoms with Crippen LogP contribution in [-0.4, -0.2) is 29.5 Å². The quantitative estimate of drug-likeness (QED) is 0.866. The number of nitrogens with two attached hydrogens (primary N) is 1. The molecule has 3 nitrogen and oxygen atoms in total. The van der Waals surface area contributed by atoms with Crippen molar-refractivity contribution in [3.8, 4) is 0 Å². The van der Waals surface area contributed by atoms with Gasteiger partial charge in [0.25, 0.3) is 0 Å². The normalized spacial score (nSPS) is 23.8. The van der Waals surface area contributed by atoms with E-state index in [4.69, 9.17) is 28.9 Å². The lowest BCUT2D eigenvalue weighted by molar-refractivity contribution is 0.192. The minimum atomic E-state index is 0.437. The molecule has 1 aromatic heterocycles. The van der Waals surface area contributed by atoms with Crippen molar-refractivity contribution in [1.29, 1.82) is 0 Å². The Bertz CT molecular complexity index is 411. The van der Waals surface area contributed by atoms with Crippen LogP contribution in [0.2, 0.25) is 10.3 Å². The van der Waals surface area contributed by atoms with Gasteiger partial charge in [-0.05, 0) is 38.4 Å². The van der Waals surface area contributed by atoms with Gasteiger partial charge in [-0.15, -0.1) is 0 Å². The van der Waals surface area contributed by atoms with Crippen molar-refractivity contribution in [3.63, 3.8) is 0 Å². The molecule has 0 aromatic carbocycles. The van der Waals surface area contributed by atoms with Gasteiger partial charge in [0.1, 0.15) is 10.3 Å². The molecule has 0 radical (unpaired) electrons. The highest BCUT2D eigenvalue weighted by Crippen LogP contribution is 2.30. The first-order valence-electron chi connectivity index (χ1n) is 6.33. The molecule has 0 bridgehead atoms. The van der Waals surface area contributed by atoms with E-state index >= 15 is 0 Å². The molecule has 0 saturated heterocycles. The third-order valence-electron chi connectivity index (χ3n) is 3.80. The van der Waals surface area contributed by atoms with Crippen LogP contribution in [0.5, 0.6) is 0 Å². The highest BCUT2D eigenvalue weighted by Gasteiger charge is 2.29. The monoisotopic (exact) mass is 287 g/mol. The molecule has 0 aliphatic heterocycles. The summed E-state index contributed by atoms with van der Waals surface area (Å²) >= 11 is 11.9. The summed E-state index contributed by atoms with van der Waals surface area (Å²) < 4.78 is 0. The smallest absolute Gasteiger partial charge is 0.135 e. The SMILES string of the molecule is CN(Cc1ccc(Cl)nc1Cl)C1CCCC1CN. The van der Waals surface area contributed by atoms with E-state index in [0.717, 1.165) is 18.7 Å². The molecule has 1 fully saturated rings. The van der Waals surface area contributed by atoms with Crippen molar-refractivity contribution >= 4 is 23.2 Å². The highest BCUT2D eigenvalue weighted by atomic mass is 35.5. The van der Waals surface area contributed by atoms with Crippen molar-refractivity contribution in [2.75, 3.05) is 13.6 Å². The Hall–Kier alpha value is -0.350. The average molecular weight is 288 g/mol. The third kappa shape index (κ3) is 3.15. The predicted molar refractivity (Wildman–Crippen MR) is 75.9 cm³/mol. The van der Waals surface area contributed by atoms with Gasteiger partial charge in [0.15, 0.2) is 0 Å². The molecule has 1 aliphatic carbocycles. The fraction of sp³-hybridized carbons (Fsp3) is 0.615. The molecule has 18 heavy (non-hydrogen) atoms. The Kier molecular flexibility index (Phi) is 4.84. The van der Waals surface area contributed by atoms with Crippen LogP contribution in [0.3, 0.4) is 0 Å². The molecule has 1 aliphatic rings. The van der Waals surface area contributed by atoms with Crippen molar-refractivity contribution in [2.24, 2.45) is 11.7 Å². The van der Waals surface area contributed by atoms with Crippen LogP contribution in [0.25, 0.3) is 0 Å². The molecule has 5 heteroatoms. The minimum Gasteiger partial charge on any atom is -0.330 e. The fourth-order valence-corrected chi connectivity index (χ4v) is 3.22. The molecule has 2 atom stereocenters. The van der Waals surface area contributed by atoms with E-state index in [0.29, 0.717) is 22.3 Å². The summed E-state index contributed by atoms with van der Waals surface area (Å²) in [5.41, 5.74) is 6.84.